The second-order valence-corrected chi connectivity index (χ2v) is 9.32. The van der Waals surface area contributed by atoms with E-state index in [1.165, 1.54) is 5.69 Å². The van der Waals surface area contributed by atoms with Crippen LogP contribution in [0.25, 0.3) is 0 Å². The summed E-state index contributed by atoms with van der Waals surface area (Å²) < 4.78 is 6.20. The zero-order valence-corrected chi connectivity index (χ0v) is 21.0. The van der Waals surface area contributed by atoms with E-state index in [0.717, 1.165) is 56.3 Å². The summed E-state index contributed by atoms with van der Waals surface area (Å²) in [7, 11) is 1.68. The summed E-state index contributed by atoms with van der Waals surface area (Å²) in [4.78, 5) is 37.2. The molecule has 2 aromatic carbocycles. The van der Waals surface area contributed by atoms with E-state index < -0.39 is 11.9 Å². The summed E-state index contributed by atoms with van der Waals surface area (Å²) in [6.07, 6.45) is 0. The van der Waals surface area contributed by atoms with Gasteiger partial charge in [0.2, 0.25) is 0 Å². The van der Waals surface area contributed by atoms with Crippen molar-refractivity contribution in [1.82, 2.24) is 15.1 Å². The van der Waals surface area contributed by atoms with Gasteiger partial charge < -0.3 is 30.1 Å². The molecule has 2 aliphatic rings. The van der Waals surface area contributed by atoms with E-state index in [0.29, 0.717) is 6.61 Å². The maximum absolute atomic E-state index is 12.2. The molecule has 0 bridgehead atoms. The van der Waals surface area contributed by atoms with E-state index in [2.05, 4.69) is 51.5 Å². The van der Waals surface area contributed by atoms with Crippen molar-refractivity contribution in [2.45, 2.75) is 5.37 Å². The van der Waals surface area contributed by atoms with E-state index in [1.807, 2.05) is 23.1 Å². The normalized spacial score (nSPS) is 17.6. The third-order valence-electron chi connectivity index (χ3n) is 5.89. The summed E-state index contributed by atoms with van der Waals surface area (Å²) in [5.41, 5.74) is 2.38. The predicted molar refractivity (Wildman–Crippen MR) is 139 cm³/mol. The highest BCUT2D eigenvalue weighted by Crippen LogP contribution is 2.41. The van der Waals surface area contributed by atoms with Crippen molar-refractivity contribution in [3.8, 4) is 5.75 Å². The standard InChI is InChI=1S/C23H30N4O2S.C2H2O4/c1-24-23(28)27-16-18-30-22(27)20-9-5-6-10-21(20)29-17-15-25-11-13-26(14-12-25)19-7-3-2-4-8-19;3-1(4)2(5)6/h2-10,22H,11-18H2,1H3,(H,24,28);(H,3,4)(H,5,6). The zero-order valence-electron chi connectivity index (χ0n) is 20.2. The smallest absolute Gasteiger partial charge is 0.414 e. The molecule has 10 nitrogen and oxygen atoms in total. The Morgan fingerprint density at radius 1 is 0.944 bits per heavy atom. The summed E-state index contributed by atoms with van der Waals surface area (Å²) in [6.45, 7) is 6.50. The Kier molecular flexibility index (Phi) is 10.3. The Bertz CT molecular complexity index is 1000. The highest BCUT2D eigenvalue weighted by molar-refractivity contribution is 7.99. The molecule has 2 amide bonds. The molecule has 1 unspecified atom stereocenters. The van der Waals surface area contributed by atoms with Gasteiger partial charge in [0.15, 0.2) is 0 Å². The van der Waals surface area contributed by atoms with Crippen LogP contribution in [0, 0.1) is 0 Å². The van der Waals surface area contributed by atoms with Crippen molar-refractivity contribution in [1.29, 1.82) is 0 Å². The number of piperazine rings is 1. The summed E-state index contributed by atoms with van der Waals surface area (Å²) >= 11 is 1.79. The number of carbonyl (C=O) groups excluding carboxylic acids is 1. The number of nitrogens with zero attached hydrogens (tertiary/aromatic N) is 3. The van der Waals surface area contributed by atoms with Gasteiger partial charge in [0.25, 0.3) is 0 Å². The summed E-state index contributed by atoms with van der Waals surface area (Å²) in [5.74, 6) is -1.82. The molecule has 36 heavy (non-hydrogen) atoms. The SMILES string of the molecule is CNC(=O)N1CCSC1c1ccccc1OCCN1CCN(c2ccccc2)CC1.O=C(O)C(=O)O. The van der Waals surface area contributed by atoms with Crippen molar-refractivity contribution in [2.24, 2.45) is 0 Å². The molecule has 2 heterocycles. The van der Waals surface area contributed by atoms with Crippen molar-refractivity contribution in [3.05, 3.63) is 60.2 Å². The molecule has 2 fully saturated rings. The van der Waals surface area contributed by atoms with Crippen LogP contribution >= 0.6 is 11.8 Å². The van der Waals surface area contributed by atoms with Crippen LogP contribution in [0.4, 0.5) is 10.5 Å². The number of hydrogen-bond donors (Lipinski definition) is 3. The molecule has 0 saturated carbocycles. The number of carbonyl (C=O) groups is 3. The average Bonchev–Trinajstić information content (AvgIpc) is 3.40. The van der Waals surface area contributed by atoms with Gasteiger partial charge in [-0.3, -0.25) is 4.90 Å². The van der Waals surface area contributed by atoms with Crippen LogP contribution < -0.4 is 15.0 Å². The van der Waals surface area contributed by atoms with E-state index in [9.17, 15) is 4.79 Å². The predicted octanol–water partition coefficient (Wildman–Crippen LogP) is 2.43. The number of thioether (sulfide) groups is 1. The van der Waals surface area contributed by atoms with Crippen molar-refractivity contribution in [2.75, 3.05) is 63.6 Å². The molecule has 2 saturated heterocycles. The lowest BCUT2D eigenvalue weighted by Crippen LogP contribution is -2.47. The van der Waals surface area contributed by atoms with Crippen LogP contribution in [0.1, 0.15) is 10.9 Å². The van der Waals surface area contributed by atoms with Crippen molar-refractivity contribution in [3.63, 3.8) is 0 Å². The maximum Gasteiger partial charge on any atom is 0.414 e. The molecule has 194 valence electrons. The fourth-order valence-corrected chi connectivity index (χ4v) is 5.33. The fourth-order valence-electron chi connectivity index (χ4n) is 4.05. The molecule has 0 spiro atoms. The molecule has 3 N–H and O–H groups in total. The Morgan fingerprint density at radius 3 is 2.22 bits per heavy atom. The van der Waals surface area contributed by atoms with Gasteiger partial charge in [-0.25, -0.2) is 14.4 Å². The van der Waals surface area contributed by atoms with Crippen LogP contribution in [0.15, 0.2) is 54.6 Å². The van der Waals surface area contributed by atoms with Gasteiger partial charge in [-0.1, -0.05) is 36.4 Å². The van der Waals surface area contributed by atoms with Crippen LogP contribution in [-0.4, -0.2) is 96.7 Å². The first-order valence-electron chi connectivity index (χ1n) is 11.7. The molecule has 0 aromatic heterocycles. The van der Waals surface area contributed by atoms with Crippen molar-refractivity contribution >= 4 is 35.4 Å². The number of amides is 2. The van der Waals surface area contributed by atoms with Gasteiger partial charge >= 0.3 is 18.0 Å². The number of hydrogen-bond acceptors (Lipinski definition) is 7. The lowest BCUT2D eigenvalue weighted by molar-refractivity contribution is -0.159. The van der Waals surface area contributed by atoms with Gasteiger partial charge in [-0.2, -0.15) is 0 Å². The molecular weight excluding hydrogens is 484 g/mol. The third kappa shape index (κ3) is 7.53. The first-order valence-corrected chi connectivity index (χ1v) is 12.8. The topological polar surface area (TPSA) is 123 Å². The number of para-hydroxylation sites is 2. The Balaban J connectivity index is 0.000000538. The highest BCUT2D eigenvalue weighted by Gasteiger charge is 2.32. The number of aliphatic carboxylic acids is 2. The quantitative estimate of drug-likeness (QED) is 0.497. The second-order valence-electron chi connectivity index (χ2n) is 8.13. The first-order chi connectivity index (χ1) is 17.4. The van der Waals surface area contributed by atoms with E-state index in [1.54, 1.807) is 18.8 Å². The molecule has 4 rings (SSSR count). The first kappa shape index (κ1) is 27.2. The van der Waals surface area contributed by atoms with Crippen LogP contribution in [-0.2, 0) is 9.59 Å². The number of ether oxygens (including phenoxy) is 1. The summed E-state index contributed by atoms with van der Waals surface area (Å²) in [6, 6.07) is 18.7. The van der Waals surface area contributed by atoms with E-state index in [-0.39, 0.29) is 11.4 Å². The monoisotopic (exact) mass is 516 g/mol. The van der Waals surface area contributed by atoms with Crippen LogP contribution in [0.2, 0.25) is 0 Å². The van der Waals surface area contributed by atoms with Gasteiger partial charge in [0, 0.05) is 63.3 Å². The maximum atomic E-state index is 12.2. The number of benzene rings is 2. The lowest BCUT2D eigenvalue weighted by atomic mass is 10.2. The van der Waals surface area contributed by atoms with E-state index >= 15 is 0 Å². The molecule has 2 aliphatic heterocycles. The number of urea groups is 1. The van der Waals surface area contributed by atoms with Gasteiger partial charge in [-0.05, 0) is 18.2 Å². The van der Waals surface area contributed by atoms with Crippen LogP contribution in [0.3, 0.4) is 0 Å². The number of carboxylic acid groups (broad SMARTS) is 2. The Morgan fingerprint density at radius 2 is 1.58 bits per heavy atom. The molecule has 2 aromatic rings. The van der Waals surface area contributed by atoms with Gasteiger partial charge in [0.1, 0.15) is 17.7 Å². The van der Waals surface area contributed by atoms with Gasteiger partial charge in [0.05, 0.1) is 0 Å². The Hall–Kier alpha value is -3.44. The molecule has 0 aliphatic carbocycles. The minimum Gasteiger partial charge on any atom is -0.492 e. The average molecular weight is 517 g/mol. The number of nitrogens with one attached hydrogen (secondary N) is 1. The minimum absolute atomic E-state index is 0.00978. The van der Waals surface area contributed by atoms with Crippen LogP contribution in [0.5, 0.6) is 5.75 Å². The van der Waals surface area contributed by atoms with E-state index in [4.69, 9.17) is 24.5 Å². The Labute approximate surface area is 214 Å². The highest BCUT2D eigenvalue weighted by atomic mass is 32.2. The molecule has 0 radical (unpaired) electrons. The summed E-state index contributed by atoms with van der Waals surface area (Å²) in [5, 5.41) is 17.5. The number of carboxylic acids is 2. The van der Waals surface area contributed by atoms with Crippen molar-refractivity contribution < 1.29 is 29.3 Å². The molecule has 11 heteroatoms. The number of anilines is 1. The fraction of sp³-hybridized carbons (Fsp3) is 0.400. The molecular formula is C25H32N4O6S. The molecule has 1 atom stereocenters. The minimum atomic E-state index is -1.82. The zero-order chi connectivity index (χ0) is 25.9. The lowest BCUT2D eigenvalue weighted by Gasteiger charge is -2.36. The van der Waals surface area contributed by atoms with Gasteiger partial charge in [-0.15, -0.1) is 11.8 Å². The largest absolute Gasteiger partial charge is 0.492 e. The second kappa shape index (κ2) is 13.6. The third-order valence-corrected chi connectivity index (χ3v) is 7.13. The number of rotatable bonds is 6.